The Morgan fingerprint density at radius 3 is 2.88 bits per heavy atom. The topological polar surface area (TPSA) is 50.9 Å². The SMILES string of the molecule is CCc1ccccc1Nc1ncc(CN)s1. The van der Waals surface area contributed by atoms with Crippen LogP contribution in [-0.2, 0) is 13.0 Å². The molecule has 1 heterocycles. The van der Waals surface area contributed by atoms with Gasteiger partial charge in [0.15, 0.2) is 5.13 Å². The van der Waals surface area contributed by atoms with Gasteiger partial charge in [0.2, 0.25) is 0 Å². The first-order chi connectivity index (χ1) is 7.83. The van der Waals surface area contributed by atoms with Gasteiger partial charge < -0.3 is 11.1 Å². The molecule has 0 radical (unpaired) electrons. The van der Waals surface area contributed by atoms with Crippen molar-refractivity contribution in [2.75, 3.05) is 5.32 Å². The lowest BCUT2D eigenvalue weighted by atomic mass is 10.1. The molecule has 3 N–H and O–H groups in total. The molecule has 0 aliphatic carbocycles. The highest BCUT2D eigenvalue weighted by Crippen LogP contribution is 2.24. The van der Waals surface area contributed by atoms with Gasteiger partial charge in [0.05, 0.1) is 0 Å². The lowest BCUT2D eigenvalue weighted by Crippen LogP contribution is -1.94. The number of hydrogen-bond acceptors (Lipinski definition) is 4. The predicted molar refractivity (Wildman–Crippen MR) is 69.1 cm³/mol. The summed E-state index contributed by atoms with van der Waals surface area (Å²) in [5.74, 6) is 0. The summed E-state index contributed by atoms with van der Waals surface area (Å²) in [6, 6.07) is 8.28. The highest BCUT2D eigenvalue weighted by molar-refractivity contribution is 7.15. The maximum absolute atomic E-state index is 5.56. The Hall–Kier alpha value is -1.39. The summed E-state index contributed by atoms with van der Waals surface area (Å²) in [6.07, 6.45) is 2.83. The molecule has 16 heavy (non-hydrogen) atoms. The van der Waals surface area contributed by atoms with Gasteiger partial charge in [-0.2, -0.15) is 0 Å². The van der Waals surface area contributed by atoms with Crippen LogP contribution in [-0.4, -0.2) is 4.98 Å². The molecule has 3 nitrogen and oxygen atoms in total. The van der Waals surface area contributed by atoms with Gasteiger partial charge in [0, 0.05) is 23.3 Å². The van der Waals surface area contributed by atoms with Crippen LogP contribution in [0.5, 0.6) is 0 Å². The van der Waals surface area contributed by atoms with Crippen LogP contribution in [0.15, 0.2) is 30.5 Å². The maximum Gasteiger partial charge on any atom is 0.187 e. The Balaban J connectivity index is 2.19. The van der Waals surface area contributed by atoms with Crippen molar-refractivity contribution in [2.45, 2.75) is 19.9 Å². The van der Waals surface area contributed by atoms with E-state index in [1.165, 1.54) is 5.56 Å². The first-order valence-corrected chi connectivity index (χ1v) is 6.15. The van der Waals surface area contributed by atoms with E-state index in [-0.39, 0.29) is 0 Å². The summed E-state index contributed by atoms with van der Waals surface area (Å²) >= 11 is 1.60. The van der Waals surface area contributed by atoms with Gasteiger partial charge in [-0.1, -0.05) is 25.1 Å². The van der Waals surface area contributed by atoms with Crippen LogP contribution in [0.4, 0.5) is 10.8 Å². The van der Waals surface area contributed by atoms with E-state index in [0.717, 1.165) is 22.1 Å². The molecule has 0 atom stereocenters. The summed E-state index contributed by atoms with van der Waals surface area (Å²) in [7, 11) is 0. The van der Waals surface area contributed by atoms with Gasteiger partial charge in [-0.05, 0) is 18.1 Å². The number of nitrogens with two attached hydrogens (primary N) is 1. The molecule has 84 valence electrons. The third kappa shape index (κ3) is 2.40. The van der Waals surface area contributed by atoms with Crippen LogP contribution in [0.2, 0.25) is 0 Å². The van der Waals surface area contributed by atoms with Gasteiger partial charge in [-0.15, -0.1) is 11.3 Å². The summed E-state index contributed by atoms with van der Waals surface area (Å²) in [5.41, 5.74) is 7.98. The fourth-order valence-corrected chi connectivity index (χ4v) is 2.23. The zero-order chi connectivity index (χ0) is 11.4. The third-order valence-corrected chi connectivity index (χ3v) is 3.33. The number of aromatic nitrogens is 1. The highest BCUT2D eigenvalue weighted by atomic mass is 32.1. The Morgan fingerprint density at radius 1 is 1.38 bits per heavy atom. The molecule has 0 saturated carbocycles. The Labute approximate surface area is 99.3 Å². The molecule has 0 aliphatic heterocycles. The van der Waals surface area contributed by atoms with Crippen LogP contribution in [0, 0.1) is 0 Å². The van der Waals surface area contributed by atoms with Crippen molar-refractivity contribution in [2.24, 2.45) is 5.73 Å². The lowest BCUT2D eigenvalue weighted by molar-refractivity contribution is 1.10. The monoisotopic (exact) mass is 233 g/mol. The molecule has 4 heteroatoms. The third-order valence-electron chi connectivity index (χ3n) is 2.39. The smallest absolute Gasteiger partial charge is 0.187 e. The van der Waals surface area contributed by atoms with Gasteiger partial charge in [0.25, 0.3) is 0 Å². The number of nitrogens with zero attached hydrogens (tertiary/aromatic N) is 1. The van der Waals surface area contributed by atoms with E-state index in [1.807, 2.05) is 12.3 Å². The first-order valence-electron chi connectivity index (χ1n) is 5.33. The molecule has 2 aromatic rings. The van der Waals surface area contributed by atoms with Crippen molar-refractivity contribution >= 4 is 22.2 Å². The standard InChI is InChI=1S/C12H15N3S/c1-2-9-5-3-4-6-11(9)15-12-14-8-10(7-13)16-12/h3-6,8H,2,7,13H2,1H3,(H,14,15). The molecular formula is C12H15N3S. The molecule has 2 rings (SSSR count). The van der Waals surface area contributed by atoms with Crippen LogP contribution in [0.1, 0.15) is 17.4 Å². The quantitative estimate of drug-likeness (QED) is 0.853. The van der Waals surface area contributed by atoms with E-state index in [9.17, 15) is 0 Å². The number of benzene rings is 1. The van der Waals surface area contributed by atoms with Gasteiger partial charge in [0.1, 0.15) is 0 Å². The van der Waals surface area contributed by atoms with E-state index in [1.54, 1.807) is 11.3 Å². The number of nitrogens with one attached hydrogen (secondary N) is 1. The Morgan fingerprint density at radius 2 is 2.19 bits per heavy atom. The molecule has 0 saturated heterocycles. The van der Waals surface area contributed by atoms with E-state index in [4.69, 9.17) is 5.73 Å². The minimum Gasteiger partial charge on any atom is -0.331 e. The summed E-state index contributed by atoms with van der Waals surface area (Å²) in [4.78, 5) is 5.38. The molecule has 0 aliphatic rings. The fraction of sp³-hybridized carbons (Fsp3) is 0.250. The van der Waals surface area contributed by atoms with Gasteiger partial charge >= 0.3 is 0 Å². The van der Waals surface area contributed by atoms with Crippen molar-refractivity contribution in [3.05, 3.63) is 40.9 Å². The van der Waals surface area contributed by atoms with Crippen molar-refractivity contribution in [3.8, 4) is 0 Å². The van der Waals surface area contributed by atoms with Crippen LogP contribution >= 0.6 is 11.3 Å². The highest BCUT2D eigenvalue weighted by Gasteiger charge is 2.03. The van der Waals surface area contributed by atoms with Crippen molar-refractivity contribution in [3.63, 3.8) is 0 Å². The second kappa shape index (κ2) is 5.09. The second-order valence-corrected chi connectivity index (χ2v) is 4.59. The number of anilines is 2. The van der Waals surface area contributed by atoms with Crippen molar-refractivity contribution < 1.29 is 0 Å². The lowest BCUT2D eigenvalue weighted by Gasteiger charge is -2.07. The normalized spacial score (nSPS) is 10.4. The zero-order valence-corrected chi connectivity index (χ0v) is 10.1. The summed E-state index contributed by atoms with van der Waals surface area (Å²) < 4.78 is 0. The Kier molecular flexibility index (Phi) is 3.54. The van der Waals surface area contributed by atoms with Gasteiger partial charge in [-0.3, -0.25) is 0 Å². The number of rotatable bonds is 4. The molecule has 1 aromatic heterocycles. The number of para-hydroxylation sites is 1. The molecule has 0 spiro atoms. The predicted octanol–water partition coefficient (Wildman–Crippen LogP) is 2.91. The second-order valence-electron chi connectivity index (χ2n) is 3.47. The minimum absolute atomic E-state index is 0.550. The average Bonchev–Trinajstić information content (AvgIpc) is 2.77. The fourth-order valence-electron chi connectivity index (χ4n) is 1.53. The molecule has 0 fully saturated rings. The molecule has 1 aromatic carbocycles. The van der Waals surface area contributed by atoms with Gasteiger partial charge in [-0.25, -0.2) is 4.98 Å². The largest absolute Gasteiger partial charge is 0.331 e. The average molecular weight is 233 g/mol. The zero-order valence-electron chi connectivity index (χ0n) is 9.23. The minimum atomic E-state index is 0.550. The summed E-state index contributed by atoms with van der Waals surface area (Å²) in [6.45, 7) is 2.70. The first kappa shape index (κ1) is 11.1. The number of thiazole rings is 1. The molecule has 0 unspecified atom stereocenters. The summed E-state index contributed by atoms with van der Waals surface area (Å²) in [5, 5.41) is 4.23. The van der Waals surface area contributed by atoms with E-state index in [0.29, 0.717) is 6.54 Å². The maximum atomic E-state index is 5.56. The number of hydrogen-bond donors (Lipinski definition) is 2. The molecular weight excluding hydrogens is 218 g/mol. The number of aryl methyl sites for hydroxylation is 1. The van der Waals surface area contributed by atoms with E-state index >= 15 is 0 Å². The van der Waals surface area contributed by atoms with Crippen LogP contribution in [0.25, 0.3) is 0 Å². The van der Waals surface area contributed by atoms with Crippen molar-refractivity contribution in [1.29, 1.82) is 0 Å². The Bertz CT molecular complexity index is 465. The molecule has 0 amide bonds. The van der Waals surface area contributed by atoms with Crippen LogP contribution < -0.4 is 11.1 Å². The van der Waals surface area contributed by atoms with E-state index < -0.39 is 0 Å². The molecule has 0 bridgehead atoms. The van der Waals surface area contributed by atoms with E-state index in [2.05, 4.69) is 35.4 Å². The van der Waals surface area contributed by atoms with Crippen LogP contribution in [0.3, 0.4) is 0 Å². The van der Waals surface area contributed by atoms with Crippen molar-refractivity contribution in [1.82, 2.24) is 4.98 Å².